The first-order valence-electron chi connectivity index (χ1n) is 8.64. The molecule has 1 heterocycles. The molecule has 144 valence electrons. The van der Waals surface area contributed by atoms with Gasteiger partial charge in [-0.3, -0.25) is 4.79 Å². The van der Waals surface area contributed by atoms with E-state index in [0.29, 0.717) is 19.0 Å². The minimum atomic E-state index is -3.56. The van der Waals surface area contributed by atoms with Crippen LogP contribution in [-0.4, -0.2) is 31.7 Å². The molecule has 2 aromatic rings. The van der Waals surface area contributed by atoms with Crippen LogP contribution < -0.4 is 5.32 Å². The molecule has 0 radical (unpaired) electrons. The fourth-order valence-electron chi connectivity index (χ4n) is 2.94. The van der Waals surface area contributed by atoms with E-state index in [2.05, 4.69) is 12.2 Å². The van der Waals surface area contributed by atoms with Crippen LogP contribution in [0.4, 0.5) is 10.1 Å². The molecule has 1 saturated heterocycles. The highest BCUT2D eigenvalue weighted by Gasteiger charge is 2.28. The summed E-state index contributed by atoms with van der Waals surface area (Å²) in [6, 6.07) is 9.41. The largest absolute Gasteiger partial charge is 0.321 e. The van der Waals surface area contributed by atoms with Gasteiger partial charge in [0.15, 0.2) is 0 Å². The summed E-state index contributed by atoms with van der Waals surface area (Å²) in [6.07, 6.45) is 1.69. The number of hydrogen-bond donors (Lipinski definition) is 1. The zero-order valence-electron chi connectivity index (χ0n) is 14.8. The van der Waals surface area contributed by atoms with E-state index >= 15 is 0 Å². The number of rotatable bonds is 4. The van der Waals surface area contributed by atoms with Crippen LogP contribution in [0.2, 0.25) is 5.02 Å². The Balaban J connectivity index is 1.73. The van der Waals surface area contributed by atoms with Crippen LogP contribution in [0.25, 0.3) is 0 Å². The quantitative estimate of drug-likeness (QED) is 0.823. The zero-order valence-corrected chi connectivity index (χ0v) is 16.4. The maximum absolute atomic E-state index is 13.1. The summed E-state index contributed by atoms with van der Waals surface area (Å²) in [6.45, 7) is 3.13. The lowest BCUT2D eigenvalue weighted by molar-refractivity contribution is 0.102. The molecule has 8 heteroatoms. The van der Waals surface area contributed by atoms with Crippen LogP contribution in [0.3, 0.4) is 0 Å². The Morgan fingerprint density at radius 1 is 1.15 bits per heavy atom. The smallest absolute Gasteiger partial charge is 0.255 e. The molecule has 1 fully saturated rings. The van der Waals surface area contributed by atoms with Crippen molar-refractivity contribution in [3.8, 4) is 0 Å². The lowest BCUT2D eigenvalue weighted by atomic mass is 10.0. The second kappa shape index (κ2) is 7.96. The number of piperidine rings is 1. The van der Waals surface area contributed by atoms with Gasteiger partial charge in [-0.2, -0.15) is 4.31 Å². The number of sulfonamides is 1. The first kappa shape index (κ1) is 19.8. The summed E-state index contributed by atoms with van der Waals surface area (Å²) < 4.78 is 40.0. The minimum absolute atomic E-state index is 0.0851. The monoisotopic (exact) mass is 410 g/mol. The maximum atomic E-state index is 13.1. The number of halogens is 2. The van der Waals surface area contributed by atoms with Crippen molar-refractivity contribution >= 4 is 33.2 Å². The topological polar surface area (TPSA) is 66.5 Å². The standard InChI is InChI=1S/C19H20ClFN2O3S/c1-13-8-10-23(11-9-13)27(25,26)16-5-2-14(3-6-16)19(24)22-18-7-4-15(21)12-17(18)20/h2-7,12-13H,8-11H2,1H3,(H,22,24). The summed E-state index contributed by atoms with van der Waals surface area (Å²) in [7, 11) is -3.56. The second-order valence-corrected chi connectivity index (χ2v) is 9.03. The van der Waals surface area contributed by atoms with Gasteiger partial charge in [0.1, 0.15) is 5.82 Å². The van der Waals surface area contributed by atoms with Crippen LogP contribution in [0.1, 0.15) is 30.1 Å². The molecule has 0 bridgehead atoms. The first-order valence-corrected chi connectivity index (χ1v) is 10.5. The van der Waals surface area contributed by atoms with Crippen LogP contribution in [0.5, 0.6) is 0 Å². The summed E-state index contributed by atoms with van der Waals surface area (Å²) in [5.41, 5.74) is 0.559. The number of benzene rings is 2. The van der Waals surface area contributed by atoms with Gasteiger partial charge in [0.25, 0.3) is 5.91 Å². The van der Waals surface area contributed by atoms with Gasteiger partial charge in [-0.05, 0) is 61.2 Å². The molecule has 2 aromatic carbocycles. The van der Waals surface area contributed by atoms with E-state index in [9.17, 15) is 17.6 Å². The van der Waals surface area contributed by atoms with E-state index in [1.165, 1.54) is 40.7 Å². The normalized spacial score (nSPS) is 16.3. The number of hydrogen-bond acceptors (Lipinski definition) is 3. The van der Waals surface area contributed by atoms with Crippen molar-refractivity contribution in [1.82, 2.24) is 4.31 Å². The molecular weight excluding hydrogens is 391 g/mol. The molecule has 27 heavy (non-hydrogen) atoms. The van der Waals surface area contributed by atoms with Gasteiger partial charge in [0, 0.05) is 18.7 Å². The number of anilines is 1. The second-order valence-electron chi connectivity index (χ2n) is 6.69. The van der Waals surface area contributed by atoms with Crippen molar-refractivity contribution in [2.24, 2.45) is 5.92 Å². The Hall–Kier alpha value is -1.96. The highest BCUT2D eigenvalue weighted by atomic mass is 35.5. The lowest BCUT2D eigenvalue weighted by Crippen LogP contribution is -2.37. The minimum Gasteiger partial charge on any atom is -0.321 e. The van der Waals surface area contributed by atoms with E-state index in [4.69, 9.17) is 11.6 Å². The Labute approximate surface area is 163 Å². The van der Waals surface area contributed by atoms with Crippen molar-refractivity contribution in [3.05, 3.63) is 58.9 Å². The molecule has 1 amide bonds. The van der Waals surface area contributed by atoms with Crippen molar-refractivity contribution in [1.29, 1.82) is 0 Å². The van der Waals surface area contributed by atoms with Gasteiger partial charge in [-0.15, -0.1) is 0 Å². The van der Waals surface area contributed by atoms with E-state index in [1.807, 2.05) is 0 Å². The van der Waals surface area contributed by atoms with Crippen molar-refractivity contribution in [2.75, 3.05) is 18.4 Å². The predicted octanol–water partition coefficient (Wildman–Crippen LogP) is 4.15. The maximum Gasteiger partial charge on any atom is 0.255 e. The molecule has 0 unspecified atom stereocenters. The molecule has 0 saturated carbocycles. The van der Waals surface area contributed by atoms with E-state index in [-0.39, 0.29) is 21.2 Å². The van der Waals surface area contributed by atoms with E-state index in [1.54, 1.807) is 0 Å². The number of carbonyl (C=O) groups excluding carboxylic acids is 1. The number of carbonyl (C=O) groups is 1. The number of nitrogens with one attached hydrogen (secondary N) is 1. The molecule has 5 nitrogen and oxygen atoms in total. The van der Waals surface area contributed by atoms with E-state index < -0.39 is 21.7 Å². The van der Waals surface area contributed by atoms with Crippen molar-refractivity contribution in [2.45, 2.75) is 24.7 Å². The van der Waals surface area contributed by atoms with Crippen molar-refractivity contribution in [3.63, 3.8) is 0 Å². The van der Waals surface area contributed by atoms with Gasteiger partial charge in [0.2, 0.25) is 10.0 Å². The average Bonchev–Trinajstić information content (AvgIpc) is 2.64. The van der Waals surface area contributed by atoms with Gasteiger partial charge in [0.05, 0.1) is 15.6 Å². The predicted molar refractivity (Wildman–Crippen MR) is 103 cm³/mol. The molecule has 0 spiro atoms. The molecule has 3 rings (SSSR count). The highest BCUT2D eigenvalue weighted by molar-refractivity contribution is 7.89. The summed E-state index contributed by atoms with van der Waals surface area (Å²) in [5, 5.41) is 2.67. The third kappa shape index (κ3) is 4.48. The SMILES string of the molecule is CC1CCN(S(=O)(=O)c2ccc(C(=O)Nc3ccc(F)cc3Cl)cc2)CC1. The molecule has 0 aliphatic carbocycles. The van der Waals surface area contributed by atoms with E-state index in [0.717, 1.165) is 18.9 Å². The number of amides is 1. The van der Waals surface area contributed by atoms with Crippen LogP contribution in [0.15, 0.2) is 47.4 Å². The van der Waals surface area contributed by atoms with Crippen LogP contribution in [-0.2, 0) is 10.0 Å². The van der Waals surface area contributed by atoms with Gasteiger partial charge < -0.3 is 5.32 Å². The Morgan fingerprint density at radius 2 is 1.78 bits per heavy atom. The molecule has 0 aromatic heterocycles. The van der Waals surface area contributed by atoms with Gasteiger partial charge in [-0.25, -0.2) is 12.8 Å². The average molecular weight is 411 g/mol. The zero-order chi connectivity index (χ0) is 19.6. The Kier molecular flexibility index (Phi) is 5.83. The summed E-state index contributed by atoms with van der Waals surface area (Å²) >= 11 is 5.90. The van der Waals surface area contributed by atoms with Gasteiger partial charge >= 0.3 is 0 Å². The lowest BCUT2D eigenvalue weighted by Gasteiger charge is -2.29. The van der Waals surface area contributed by atoms with Crippen LogP contribution >= 0.6 is 11.6 Å². The Morgan fingerprint density at radius 3 is 2.37 bits per heavy atom. The third-order valence-electron chi connectivity index (χ3n) is 4.68. The summed E-state index contributed by atoms with van der Waals surface area (Å²) in [4.78, 5) is 12.5. The highest BCUT2D eigenvalue weighted by Crippen LogP contribution is 2.25. The van der Waals surface area contributed by atoms with Crippen molar-refractivity contribution < 1.29 is 17.6 Å². The van der Waals surface area contributed by atoms with Crippen LogP contribution in [0, 0.1) is 11.7 Å². The number of nitrogens with zero attached hydrogens (tertiary/aromatic N) is 1. The first-order chi connectivity index (χ1) is 12.8. The fourth-order valence-corrected chi connectivity index (χ4v) is 4.62. The van der Waals surface area contributed by atoms with Gasteiger partial charge in [-0.1, -0.05) is 18.5 Å². The molecular formula is C19H20ClFN2O3S. The molecule has 1 aliphatic heterocycles. The molecule has 0 atom stereocenters. The molecule has 1 N–H and O–H groups in total. The fraction of sp³-hybridized carbons (Fsp3) is 0.316. The summed E-state index contributed by atoms with van der Waals surface area (Å²) in [5.74, 6) is -0.431. The molecule has 1 aliphatic rings. The third-order valence-corrected chi connectivity index (χ3v) is 6.90. The Bertz CT molecular complexity index is 940.